The molecule has 0 aliphatic carbocycles. The highest BCUT2D eigenvalue weighted by Crippen LogP contribution is 2.14. The second kappa shape index (κ2) is 10.4. The molecule has 1 aliphatic rings. The summed E-state index contributed by atoms with van der Waals surface area (Å²) < 4.78 is 45.5. The van der Waals surface area contributed by atoms with Gasteiger partial charge in [-0.2, -0.15) is 13.2 Å². The second-order valence-corrected chi connectivity index (χ2v) is 6.01. The predicted molar refractivity (Wildman–Crippen MR) is 90.8 cm³/mol. The first kappa shape index (κ1) is 20.5. The molecule has 26 heavy (non-hydrogen) atoms. The van der Waals surface area contributed by atoms with Crippen molar-refractivity contribution < 1.29 is 22.4 Å². The van der Waals surface area contributed by atoms with Gasteiger partial charge < -0.3 is 19.5 Å². The summed E-state index contributed by atoms with van der Waals surface area (Å²) in [4.78, 5) is 8.96. The molecule has 1 aromatic heterocycles. The lowest BCUT2D eigenvalue weighted by Crippen LogP contribution is -2.52. The molecule has 1 fully saturated rings. The lowest BCUT2D eigenvalue weighted by molar-refractivity contribution is -0.173. The van der Waals surface area contributed by atoms with E-state index in [1.54, 1.807) is 6.26 Å². The molecule has 0 aromatic carbocycles. The van der Waals surface area contributed by atoms with Gasteiger partial charge in [-0.15, -0.1) is 0 Å². The van der Waals surface area contributed by atoms with Gasteiger partial charge in [0.2, 0.25) is 0 Å². The summed E-state index contributed by atoms with van der Waals surface area (Å²) >= 11 is 0. The number of aliphatic imine (C=N–C) groups is 1. The van der Waals surface area contributed by atoms with E-state index in [1.165, 1.54) is 0 Å². The fourth-order valence-corrected chi connectivity index (χ4v) is 2.63. The lowest BCUT2D eigenvalue weighted by Gasteiger charge is -2.36. The third-order valence-corrected chi connectivity index (χ3v) is 3.86. The van der Waals surface area contributed by atoms with E-state index < -0.39 is 12.8 Å². The normalized spacial score (nSPS) is 16.9. The molecule has 1 aliphatic heterocycles. The highest BCUT2D eigenvalue weighted by Gasteiger charge is 2.27. The number of guanidine groups is 1. The van der Waals surface area contributed by atoms with Gasteiger partial charge in [-0.05, 0) is 13.3 Å². The molecule has 1 aromatic rings. The molecule has 0 atom stereocenters. The molecule has 2 heterocycles. The number of hydrogen-bond acceptors (Lipinski definition) is 5. The smallest absolute Gasteiger partial charge is 0.372 e. The van der Waals surface area contributed by atoms with Gasteiger partial charge in [0.25, 0.3) is 0 Å². The second-order valence-electron chi connectivity index (χ2n) is 6.01. The van der Waals surface area contributed by atoms with Crippen LogP contribution in [0.2, 0.25) is 0 Å². The maximum absolute atomic E-state index is 12.0. The number of alkyl halides is 3. The Balaban J connectivity index is 1.71. The Morgan fingerprint density at radius 2 is 2.12 bits per heavy atom. The van der Waals surface area contributed by atoms with Crippen molar-refractivity contribution in [2.45, 2.75) is 26.1 Å². The summed E-state index contributed by atoms with van der Waals surface area (Å²) in [6.45, 7) is 6.18. The number of halogens is 3. The van der Waals surface area contributed by atoms with Crippen molar-refractivity contribution in [3.63, 3.8) is 0 Å². The van der Waals surface area contributed by atoms with Crippen LogP contribution < -0.4 is 5.32 Å². The van der Waals surface area contributed by atoms with Gasteiger partial charge in [-0.3, -0.25) is 9.89 Å². The van der Waals surface area contributed by atoms with E-state index in [0.29, 0.717) is 13.0 Å². The Bertz CT molecular complexity index is 528. The van der Waals surface area contributed by atoms with Gasteiger partial charge >= 0.3 is 6.18 Å². The first-order chi connectivity index (χ1) is 12.5. The first-order valence-electron chi connectivity index (χ1n) is 8.77. The van der Waals surface area contributed by atoms with Crippen molar-refractivity contribution in [1.82, 2.24) is 20.3 Å². The molecule has 1 saturated heterocycles. The number of piperazine rings is 1. The molecular weight excluding hydrogens is 351 g/mol. The van der Waals surface area contributed by atoms with Crippen LogP contribution >= 0.6 is 0 Å². The summed E-state index contributed by atoms with van der Waals surface area (Å²) in [5.41, 5.74) is 0.915. The van der Waals surface area contributed by atoms with Crippen LogP contribution in [0.1, 0.15) is 19.0 Å². The van der Waals surface area contributed by atoms with Crippen molar-refractivity contribution in [3.8, 4) is 0 Å². The predicted octanol–water partition coefficient (Wildman–Crippen LogP) is 1.73. The van der Waals surface area contributed by atoms with E-state index in [2.05, 4.69) is 30.0 Å². The Labute approximate surface area is 151 Å². The monoisotopic (exact) mass is 377 g/mol. The van der Waals surface area contributed by atoms with Crippen LogP contribution in [-0.2, 0) is 11.3 Å². The van der Waals surface area contributed by atoms with Gasteiger partial charge in [-0.1, -0.05) is 5.16 Å². The number of aromatic nitrogens is 1. The maximum Gasteiger partial charge on any atom is 0.411 e. The molecule has 0 amide bonds. The molecular formula is C16H26F3N5O2. The van der Waals surface area contributed by atoms with Crippen molar-refractivity contribution in [2.75, 3.05) is 52.5 Å². The molecule has 0 radical (unpaired) electrons. The summed E-state index contributed by atoms with van der Waals surface area (Å²) in [6.07, 6.45) is -2.25. The van der Waals surface area contributed by atoms with E-state index in [-0.39, 0.29) is 6.61 Å². The average Bonchev–Trinajstić information content (AvgIpc) is 3.10. The largest absolute Gasteiger partial charge is 0.411 e. The maximum atomic E-state index is 12.0. The quantitative estimate of drug-likeness (QED) is 0.423. The van der Waals surface area contributed by atoms with Crippen molar-refractivity contribution >= 4 is 5.96 Å². The molecule has 0 saturated carbocycles. The first-order valence-corrected chi connectivity index (χ1v) is 8.77. The third-order valence-electron chi connectivity index (χ3n) is 3.86. The lowest BCUT2D eigenvalue weighted by atomic mass is 10.3. The van der Waals surface area contributed by atoms with Crippen LogP contribution in [0, 0.1) is 0 Å². The highest BCUT2D eigenvalue weighted by molar-refractivity contribution is 5.80. The van der Waals surface area contributed by atoms with Gasteiger partial charge in [0.1, 0.15) is 12.9 Å². The summed E-state index contributed by atoms with van der Waals surface area (Å²) in [6, 6.07) is 1.86. The van der Waals surface area contributed by atoms with Crippen molar-refractivity contribution in [2.24, 2.45) is 4.99 Å². The Kier molecular flexibility index (Phi) is 8.17. The van der Waals surface area contributed by atoms with Crippen LogP contribution in [0.25, 0.3) is 0 Å². The zero-order valence-electron chi connectivity index (χ0n) is 15.0. The Morgan fingerprint density at radius 1 is 1.35 bits per heavy atom. The number of ether oxygens (including phenoxy) is 1. The fourth-order valence-electron chi connectivity index (χ4n) is 2.63. The van der Waals surface area contributed by atoms with Gasteiger partial charge in [0.15, 0.2) is 5.96 Å². The van der Waals surface area contributed by atoms with Gasteiger partial charge in [0.05, 0.1) is 5.69 Å². The van der Waals surface area contributed by atoms with Crippen molar-refractivity contribution in [1.29, 1.82) is 0 Å². The van der Waals surface area contributed by atoms with Crippen LogP contribution in [-0.4, -0.2) is 79.6 Å². The van der Waals surface area contributed by atoms with E-state index in [1.807, 2.05) is 13.0 Å². The zero-order valence-corrected chi connectivity index (χ0v) is 15.0. The number of nitrogens with zero attached hydrogens (tertiary/aromatic N) is 4. The number of rotatable bonds is 8. The zero-order chi connectivity index (χ0) is 18.8. The SMILES string of the molecule is CCNC(=NCCCOCC(F)(F)F)N1CCN(Cc2ccon2)CC1. The van der Waals surface area contributed by atoms with Crippen molar-refractivity contribution in [3.05, 3.63) is 18.0 Å². The molecule has 0 unspecified atom stereocenters. The van der Waals surface area contributed by atoms with E-state index in [9.17, 15) is 13.2 Å². The molecule has 0 bridgehead atoms. The standard InChI is InChI=1S/C16H26F3N5O2/c1-2-20-15(21-5-3-10-25-13-16(17,18)19)24-8-6-23(7-9-24)12-14-4-11-26-22-14/h4,11H,2-3,5-10,12-13H2,1H3,(H,20,21). The van der Waals surface area contributed by atoms with Crippen LogP contribution in [0.15, 0.2) is 21.8 Å². The minimum absolute atomic E-state index is 0.0495. The molecule has 0 spiro atoms. The minimum atomic E-state index is -4.27. The highest BCUT2D eigenvalue weighted by atomic mass is 19.4. The minimum Gasteiger partial charge on any atom is -0.372 e. The van der Waals surface area contributed by atoms with Gasteiger partial charge in [0, 0.05) is 58.5 Å². The molecule has 7 nitrogen and oxygen atoms in total. The van der Waals surface area contributed by atoms with Crippen LogP contribution in [0.3, 0.4) is 0 Å². The molecule has 2 rings (SSSR count). The Morgan fingerprint density at radius 3 is 2.73 bits per heavy atom. The molecule has 10 heteroatoms. The van der Waals surface area contributed by atoms with Crippen LogP contribution in [0.4, 0.5) is 13.2 Å². The average molecular weight is 377 g/mol. The molecule has 1 N–H and O–H groups in total. The third kappa shape index (κ3) is 7.61. The van der Waals surface area contributed by atoms with Gasteiger partial charge in [-0.25, -0.2) is 0 Å². The molecule has 148 valence electrons. The van der Waals surface area contributed by atoms with Crippen LogP contribution in [0.5, 0.6) is 0 Å². The summed E-state index contributed by atoms with van der Waals surface area (Å²) in [7, 11) is 0. The summed E-state index contributed by atoms with van der Waals surface area (Å²) in [5, 5.41) is 7.16. The van der Waals surface area contributed by atoms with E-state index in [4.69, 9.17) is 4.52 Å². The topological polar surface area (TPSA) is 66.1 Å². The van der Waals surface area contributed by atoms with E-state index in [0.717, 1.165) is 50.9 Å². The number of nitrogens with one attached hydrogen (secondary N) is 1. The summed E-state index contributed by atoms with van der Waals surface area (Å²) in [5.74, 6) is 0.796. The number of hydrogen-bond donors (Lipinski definition) is 1. The fraction of sp³-hybridized carbons (Fsp3) is 0.750. The Hall–Kier alpha value is -1.81. The van der Waals surface area contributed by atoms with E-state index >= 15 is 0 Å².